The van der Waals surface area contributed by atoms with Crippen molar-refractivity contribution in [1.29, 1.82) is 0 Å². The monoisotopic (exact) mass is 286 g/mol. The Morgan fingerprint density at radius 3 is 2.55 bits per heavy atom. The van der Waals surface area contributed by atoms with E-state index in [1.165, 1.54) is 7.11 Å². The number of carbonyl (C=O) groups is 3. The summed E-state index contributed by atoms with van der Waals surface area (Å²) in [4.78, 5) is 34.0. The first-order valence-electron chi connectivity index (χ1n) is 6.74. The van der Waals surface area contributed by atoms with E-state index in [2.05, 4.69) is 10.6 Å². The highest BCUT2D eigenvalue weighted by molar-refractivity contribution is 5.85. The van der Waals surface area contributed by atoms with Crippen LogP contribution in [0.25, 0.3) is 0 Å². The fourth-order valence-corrected chi connectivity index (χ4v) is 1.88. The molecule has 0 bridgehead atoms. The number of carboxylic acids is 1. The molecular formula is C13H22N2O5. The Hall–Kier alpha value is -1.63. The molecule has 114 valence electrons. The van der Waals surface area contributed by atoms with Gasteiger partial charge in [-0.2, -0.15) is 0 Å². The Bertz CT molecular complexity index is 372. The summed E-state index contributed by atoms with van der Waals surface area (Å²) < 4.78 is 4.79. The summed E-state index contributed by atoms with van der Waals surface area (Å²) in [7, 11) is 1.47. The van der Waals surface area contributed by atoms with E-state index in [4.69, 9.17) is 9.84 Å². The minimum Gasteiger partial charge on any atom is -0.480 e. The Balaban J connectivity index is 2.20. The van der Waals surface area contributed by atoms with Crippen LogP contribution in [-0.2, 0) is 19.1 Å². The van der Waals surface area contributed by atoms with Crippen LogP contribution in [0.1, 0.15) is 26.2 Å². The third kappa shape index (κ3) is 5.56. The van der Waals surface area contributed by atoms with E-state index in [-0.39, 0.29) is 37.8 Å². The lowest BCUT2D eigenvalue weighted by atomic mass is 10.2. The molecule has 3 unspecified atom stereocenters. The summed E-state index contributed by atoms with van der Waals surface area (Å²) in [6.07, 6.45) is 1.18. The first kappa shape index (κ1) is 16.4. The molecule has 0 radical (unpaired) electrons. The number of aliphatic carboxylic acids is 1. The van der Waals surface area contributed by atoms with Crippen LogP contribution in [0.3, 0.4) is 0 Å². The molecule has 0 saturated heterocycles. The largest absolute Gasteiger partial charge is 0.480 e. The molecule has 1 rings (SSSR count). The molecule has 1 fully saturated rings. The van der Waals surface area contributed by atoms with Crippen molar-refractivity contribution in [2.45, 2.75) is 32.2 Å². The number of nitrogens with one attached hydrogen (secondary N) is 2. The predicted octanol–water partition coefficient (Wildman–Crippen LogP) is -0.245. The van der Waals surface area contributed by atoms with Crippen molar-refractivity contribution in [2.75, 3.05) is 20.3 Å². The lowest BCUT2D eigenvalue weighted by Gasteiger charge is -2.14. The molecule has 0 aliphatic heterocycles. The Kier molecular flexibility index (Phi) is 6.44. The van der Waals surface area contributed by atoms with Crippen molar-refractivity contribution >= 4 is 17.8 Å². The summed E-state index contributed by atoms with van der Waals surface area (Å²) in [6, 6.07) is -0.957. The van der Waals surface area contributed by atoms with E-state index in [0.717, 1.165) is 6.42 Å². The molecule has 1 aliphatic carbocycles. The van der Waals surface area contributed by atoms with Gasteiger partial charge in [-0.05, 0) is 12.3 Å². The van der Waals surface area contributed by atoms with Crippen molar-refractivity contribution in [3.8, 4) is 0 Å². The summed E-state index contributed by atoms with van der Waals surface area (Å²) in [5.41, 5.74) is 0. The summed E-state index contributed by atoms with van der Waals surface area (Å²) in [6.45, 7) is 2.49. The maximum Gasteiger partial charge on any atom is 0.326 e. The Morgan fingerprint density at radius 1 is 1.40 bits per heavy atom. The van der Waals surface area contributed by atoms with Gasteiger partial charge < -0.3 is 20.5 Å². The summed E-state index contributed by atoms with van der Waals surface area (Å²) in [5.74, 6) is -1.01. The van der Waals surface area contributed by atoms with E-state index in [1.54, 1.807) is 0 Å². The Labute approximate surface area is 118 Å². The molecule has 1 aliphatic rings. The number of hydrogen-bond donors (Lipinski definition) is 3. The van der Waals surface area contributed by atoms with E-state index >= 15 is 0 Å². The third-order valence-electron chi connectivity index (χ3n) is 3.34. The molecule has 0 aromatic heterocycles. The number of hydrogen-bond acceptors (Lipinski definition) is 4. The van der Waals surface area contributed by atoms with Crippen LogP contribution >= 0.6 is 0 Å². The molecular weight excluding hydrogens is 264 g/mol. The minimum absolute atomic E-state index is 0.0283. The lowest BCUT2D eigenvalue weighted by molar-refractivity contribution is -0.142. The number of carbonyl (C=O) groups excluding carboxylic acids is 2. The molecule has 1 saturated carbocycles. The van der Waals surface area contributed by atoms with Gasteiger partial charge in [0, 0.05) is 39.0 Å². The molecule has 0 spiro atoms. The molecule has 20 heavy (non-hydrogen) atoms. The van der Waals surface area contributed by atoms with Crippen LogP contribution in [0.5, 0.6) is 0 Å². The quantitative estimate of drug-likeness (QED) is 0.542. The van der Waals surface area contributed by atoms with Gasteiger partial charge >= 0.3 is 5.97 Å². The highest BCUT2D eigenvalue weighted by Crippen LogP contribution is 2.37. The zero-order valence-electron chi connectivity index (χ0n) is 11.8. The molecule has 0 heterocycles. The van der Waals surface area contributed by atoms with Crippen LogP contribution in [0.4, 0.5) is 0 Å². The number of amides is 2. The average Bonchev–Trinajstić information content (AvgIpc) is 3.11. The molecule has 7 nitrogen and oxygen atoms in total. The minimum atomic E-state index is -1.09. The van der Waals surface area contributed by atoms with E-state index in [1.807, 2.05) is 6.92 Å². The Morgan fingerprint density at radius 2 is 2.05 bits per heavy atom. The SMILES string of the molecule is COCCC(NC(=O)CCNC(=O)C1CC1C)C(=O)O. The van der Waals surface area contributed by atoms with Crippen LogP contribution < -0.4 is 10.6 Å². The molecule has 2 amide bonds. The highest BCUT2D eigenvalue weighted by atomic mass is 16.5. The van der Waals surface area contributed by atoms with Crippen LogP contribution in [0.2, 0.25) is 0 Å². The maximum atomic E-state index is 11.6. The summed E-state index contributed by atoms with van der Waals surface area (Å²) >= 11 is 0. The fourth-order valence-electron chi connectivity index (χ4n) is 1.88. The van der Waals surface area contributed by atoms with Crippen LogP contribution in [-0.4, -0.2) is 49.2 Å². The normalized spacial score (nSPS) is 21.9. The molecule has 3 atom stereocenters. The molecule has 3 N–H and O–H groups in total. The third-order valence-corrected chi connectivity index (χ3v) is 3.34. The number of ether oxygens (including phenoxy) is 1. The lowest BCUT2D eigenvalue weighted by Crippen LogP contribution is -2.42. The summed E-state index contributed by atoms with van der Waals surface area (Å²) in [5, 5.41) is 14.0. The van der Waals surface area contributed by atoms with Gasteiger partial charge in [-0.3, -0.25) is 9.59 Å². The first-order chi connectivity index (χ1) is 9.45. The van der Waals surface area contributed by atoms with Gasteiger partial charge in [-0.25, -0.2) is 4.79 Å². The van der Waals surface area contributed by atoms with Crippen LogP contribution in [0, 0.1) is 11.8 Å². The second-order valence-corrected chi connectivity index (χ2v) is 5.10. The maximum absolute atomic E-state index is 11.6. The van der Waals surface area contributed by atoms with Crippen molar-refractivity contribution in [2.24, 2.45) is 11.8 Å². The number of rotatable bonds is 9. The topological polar surface area (TPSA) is 105 Å². The van der Waals surface area contributed by atoms with Crippen molar-refractivity contribution < 1.29 is 24.2 Å². The zero-order chi connectivity index (χ0) is 15.1. The predicted molar refractivity (Wildman–Crippen MR) is 71.0 cm³/mol. The van der Waals surface area contributed by atoms with Crippen molar-refractivity contribution in [3.63, 3.8) is 0 Å². The standard InChI is InChI=1S/C13H22N2O5/c1-8-7-9(8)12(17)14-5-3-11(16)15-10(13(18)19)4-6-20-2/h8-10H,3-7H2,1-2H3,(H,14,17)(H,15,16)(H,18,19). The van der Waals surface area contributed by atoms with Gasteiger partial charge in [0.25, 0.3) is 0 Å². The fraction of sp³-hybridized carbons (Fsp3) is 0.769. The van der Waals surface area contributed by atoms with Gasteiger partial charge in [-0.1, -0.05) is 6.92 Å². The molecule has 0 aromatic rings. The number of carboxylic acid groups (broad SMARTS) is 1. The van der Waals surface area contributed by atoms with Crippen molar-refractivity contribution in [1.82, 2.24) is 10.6 Å². The first-order valence-corrected chi connectivity index (χ1v) is 6.74. The second kappa shape index (κ2) is 7.84. The van der Waals surface area contributed by atoms with E-state index in [0.29, 0.717) is 5.92 Å². The highest BCUT2D eigenvalue weighted by Gasteiger charge is 2.38. The molecule has 0 aromatic carbocycles. The van der Waals surface area contributed by atoms with Gasteiger partial charge in [0.15, 0.2) is 0 Å². The molecule has 7 heteroatoms. The second-order valence-electron chi connectivity index (χ2n) is 5.10. The van der Waals surface area contributed by atoms with Crippen molar-refractivity contribution in [3.05, 3.63) is 0 Å². The average molecular weight is 286 g/mol. The van der Waals surface area contributed by atoms with Gasteiger partial charge in [0.05, 0.1) is 0 Å². The zero-order valence-corrected chi connectivity index (χ0v) is 11.8. The smallest absolute Gasteiger partial charge is 0.326 e. The van der Waals surface area contributed by atoms with E-state index in [9.17, 15) is 14.4 Å². The van der Waals surface area contributed by atoms with Crippen LogP contribution in [0.15, 0.2) is 0 Å². The van der Waals surface area contributed by atoms with Gasteiger partial charge in [0.1, 0.15) is 6.04 Å². The van der Waals surface area contributed by atoms with Gasteiger partial charge in [0.2, 0.25) is 11.8 Å². The van der Waals surface area contributed by atoms with Gasteiger partial charge in [-0.15, -0.1) is 0 Å². The van der Waals surface area contributed by atoms with E-state index < -0.39 is 17.9 Å². The number of methoxy groups -OCH3 is 1.